The van der Waals surface area contributed by atoms with Crippen LogP contribution in [0.5, 0.6) is 0 Å². The first-order valence-electron chi connectivity index (χ1n) is 6.13. The number of esters is 1. The van der Waals surface area contributed by atoms with Crippen LogP contribution in [0.15, 0.2) is 0 Å². The average molecular weight is 264 g/mol. The first-order valence-corrected chi connectivity index (χ1v) is 7.38. The lowest BCUT2D eigenvalue weighted by Gasteiger charge is -2.27. The van der Waals surface area contributed by atoms with Crippen molar-refractivity contribution in [1.29, 1.82) is 0 Å². The number of carbonyl (C=O) groups is 1. The molecule has 0 saturated heterocycles. The summed E-state index contributed by atoms with van der Waals surface area (Å²) in [4.78, 5) is 12.0. The number of hydrogen-bond donors (Lipinski definition) is 0. The van der Waals surface area contributed by atoms with Gasteiger partial charge in [-0.05, 0) is 41.0 Å². The molecule has 5 heteroatoms. The average Bonchev–Trinajstić information content (AvgIpc) is 2.16. The maximum absolute atomic E-state index is 12.0. The van der Waals surface area contributed by atoms with Crippen LogP contribution in [0.4, 0.5) is 0 Å². The second-order valence-corrected chi connectivity index (χ2v) is 6.29. The van der Waals surface area contributed by atoms with E-state index in [4.69, 9.17) is 13.8 Å². The van der Waals surface area contributed by atoms with Crippen LogP contribution in [0.2, 0.25) is 0 Å². The summed E-state index contributed by atoms with van der Waals surface area (Å²) in [5.74, 6) is -0.229. The van der Waals surface area contributed by atoms with E-state index in [1.54, 1.807) is 0 Å². The van der Waals surface area contributed by atoms with E-state index >= 15 is 0 Å². The minimum Gasteiger partial charge on any atom is -0.459 e. The Morgan fingerprint density at radius 3 is 1.88 bits per heavy atom. The largest absolute Gasteiger partial charge is 0.459 e. The Bertz CT molecular complexity index is 219. The highest BCUT2D eigenvalue weighted by molar-refractivity contribution is 7.49. The van der Waals surface area contributed by atoms with Crippen LogP contribution in [0.1, 0.15) is 48.0 Å². The van der Waals surface area contributed by atoms with E-state index in [1.807, 2.05) is 41.5 Å². The SMILES string of the molecule is CCOP(OCC)C(CC)C(=O)OC(C)(C)C. The van der Waals surface area contributed by atoms with Gasteiger partial charge in [-0.15, -0.1) is 0 Å². The highest BCUT2D eigenvalue weighted by atomic mass is 31.2. The summed E-state index contributed by atoms with van der Waals surface area (Å²) >= 11 is 0. The molecule has 0 saturated carbocycles. The van der Waals surface area contributed by atoms with Crippen LogP contribution in [0.25, 0.3) is 0 Å². The molecule has 1 unspecified atom stereocenters. The lowest BCUT2D eigenvalue weighted by atomic mass is 10.2. The van der Waals surface area contributed by atoms with Crippen LogP contribution >= 0.6 is 8.38 Å². The third-order valence-electron chi connectivity index (χ3n) is 1.83. The molecule has 0 aliphatic rings. The molecule has 0 N–H and O–H groups in total. The molecular weight excluding hydrogens is 239 g/mol. The molecule has 0 rings (SSSR count). The lowest BCUT2D eigenvalue weighted by molar-refractivity contribution is -0.154. The summed E-state index contributed by atoms with van der Waals surface area (Å²) < 4.78 is 16.4. The van der Waals surface area contributed by atoms with Crippen molar-refractivity contribution in [3.05, 3.63) is 0 Å². The minimum absolute atomic E-state index is 0.229. The van der Waals surface area contributed by atoms with Crippen molar-refractivity contribution >= 4 is 14.3 Å². The third-order valence-corrected chi connectivity index (χ3v) is 3.94. The smallest absolute Gasteiger partial charge is 0.318 e. The number of rotatable bonds is 7. The summed E-state index contributed by atoms with van der Waals surface area (Å²) in [6, 6.07) is 0. The summed E-state index contributed by atoms with van der Waals surface area (Å²) in [7, 11) is -1.19. The van der Waals surface area contributed by atoms with E-state index in [1.165, 1.54) is 0 Å². The molecule has 0 aliphatic heterocycles. The molecule has 0 radical (unpaired) electrons. The molecule has 0 fully saturated rings. The number of hydrogen-bond acceptors (Lipinski definition) is 4. The van der Waals surface area contributed by atoms with E-state index in [2.05, 4.69) is 0 Å². The van der Waals surface area contributed by atoms with Gasteiger partial charge in [0, 0.05) is 0 Å². The predicted molar refractivity (Wildman–Crippen MR) is 70.1 cm³/mol. The van der Waals surface area contributed by atoms with Gasteiger partial charge in [-0.25, -0.2) is 0 Å². The Morgan fingerprint density at radius 2 is 1.59 bits per heavy atom. The van der Waals surface area contributed by atoms with Gasteiger partial charge in [-0.2, -0.15) is 0 Å². The maximum atomic E-state index is 12.0. The summed E-state index contributed by atoms with van der Waals surface area (Å²) in [5.41, 5.74) is -0.770. The van der Waals surface area contributed by atoms with Crippen LogP contribution in [-0.2, 0) is 18.6 Å². The van der Waals surface area contributed by atoms with Gasteiger partial charge in [0.2, 0.25) is 0 Å². The Morgan fingerprint density at radius 1 is 1.12 bits per heavy atom. The first-order chi connectivity index (χ1) is 7.85. The van der Waals surface area contributed by atoms with Crippen molar-refractivity contribution in [3.8, 4) is 0 Å². The Balaban J connectivity index is 4.59. The molecule has 0 aliphatic carbocycles. The summed E-state index contributed by atoms with van der Waals surface area (Å²) in [5, 5.41) is 0. The zero-order valence-electron chi connectivity index (χ0n) is 11.8. The zero-order valence-corrected chi connectivity index (χ0v) is 12.7. The number of ether oxygens (including phenoxy) is 1. The molecule has 0 spiro atoms. The highest BCUT2D eigenvalue weighted by Crippen LogP contribution is 2.46. The van der Waals surface area contributed by atoms with Gasteiger partial charge in [0.15, 0.2) is 8.38 Å². The molecule has 0 aromatic rings. The Labute approximate surface area is 106 Å². The van der Waals surface area contributed by atoms with Crippen molar-refractivity contribution in [2.75, 3.05) is 13.2 Å². The van der Waals surface area contributed by atoms with Crippen LogP contribution in [0.3, 0.4) is 0 Å². The Kier molecular flexibility index (Phi) is 7.93. The van der Waals surface area contributed by atoms with Gasteiger partial charge >= 0.3 is 5.97 Å². The van der Waals surface area contributed by atoms with E-state index in [0.717, 1.165) is 0 Å². The number of carbonyl (C=O) groups excluding carboxylic acids is 1. The molecule has 4 nitrogen and oxygen atoms in total. The van der Waals surface area contributed by atoms with Crippen molar-refractivity contribution < 1.29 is 18.6 Å². The standard InChI is InChI=1S/C12H25O4P/c1-7-10(11(13)16-12(4,5)6)17(14-8-2)15-9-3/h10H,7-9H2,1-6H3. The topological polar surface area (TPSA) is 44.8 Å². The molecule has 102 valence electrons. The molecule has 17 heavy (non-hydrogen) atoms. The van der Waals surface area contributed by atoms with E-state index in [0.29, 0.717) is 19.6 Å². The Hall–Kier alpha value is -0.180. The van der Waals surface area contributed by atoms with Gasteiger partial charge in [0.05, 0.1) is 13.2 Å². The molecule has 0 amide bonds. The first kappa shape index (κ1) is 16.8. The van der Waals surface area contributed by atoms with Crippen LogP contribution in [-0.4, -0.2) is 30.4 Å². The van der Waals surface area contributed by atoms with E-state index in [-0.39, 0.29) is 11.6 Å². The second kappa shape index (κ2) is 8.02. The van der Waals surface area contributed by atoms with E-state index < -0.39 is 14.0 Å². The fourth-order valence-corrected chi connectivity index (χ4v) is 2.71. The lowest BCUT2D eigenvalue weighted by Crippen LogP contribution is -2.31. The molecule has 0 heterocycles. The van der Waals surface area contributed by atoms with E-state index in [9.17, 15) is 4.79 Å². The van der Waals surface area contributed by atoms with Crippen molar-refractivity contribution in [2.24, 2.45) is 0 Å². The van der Waals surface area contributed by atoms with Gasteiger partial charge in [0.1, 0.15) is 11.3 Å². The second-order valence-electron chi connectivity index (χ2n) is 4.58. The molecule has 1 atom stereocenters. The molecule has 0 aromatic carbocycles. The fourth-order valence-electron chi connectivity index (χ4n) is 1.24. The van der Waals surface area contributed by atoms with Crippen LogP contribution in [0, 0.1) is 0 Å². The molecule has 0 aromatic heterocycles. The van der Waals surface area contributed by atoms with Crippen LogP contribution < -0.4 is 0 Å². The molecule has 0 bridgehead atoms. The predicted octanol–water partition coefficient (Wildman–Crippen LogP) is 3.49. The normalized spacial score (nSPS) is 13.8. The van der Waals surface area contributed by atoms with Crippen molar-refractivity contribution in [2.45, 2.75) is 59.2 Å². The summed E-state index contributed by atoms with van der Waals surface area (Å²) in [6.07, 6.45) is 0.667. The van der Waals surface area contributed by atoms with Gasteiger partial charge in [-0.3, -0.25) is 4.79 Å². The highest BCUT2D eigenvalue weighted by Gasteiger charge is 2.32. The van der Waals surface area contributed by atoms with Gasteiger partial charge in [-0.1, -0.05) is 6.92 Å². The summed E-state index contributed by atoms with van der Waals surface area (Å²) in [6.45, 7) is 12.4. The fraction of sp³-hybridized carbons (Fsp3) is 0.917. The zero-order chi connectivity index (χ0) is 13.5. The maximum Gasteiger partial charge on any atom is 0.318 e. The quantitative estimate of drug-likeness (QED) is 0.521. The third kappa shape index (κ3) is 6.97. The van der Waals surface area contributed by atoms with Crippen molar-refractivity contribution in [1.82, 2.24) is 0 Å². The monoisotopic (exact) mass is 264 g/mol. The van der Waals surface area contributed by atoms with Crippen molar-refractivity contribution in [3.63, 3.8) is 0 Å². The van der Waals surface area contributed by atoms with Gasteiger partial charge < -0.3 is 13.8 Å². The minimum atomic E-state index is -1.19. The molecular formula is C12H25O4P. The van der Waals surface area contributed by atoms with Gasteiger partial charge in [0.25, 0.3) is 0 Å².